The van der Waals surface area contributed by atoms with E-state index in [0.29, 0.717) is 12.1 Å². The molecule has 3 amide bonds. The van der Waals surface area contributed by atoms with Gasteiger partial charge in [0.2, 0.25) is 17.7 Å². The van der Waals surface area contributed by atoms with Gasteiger partial charge in [-0.1, -0.05) is 20.3 Å². The highest BCUT2D eigenvalue weighted by molar-refractivity contribution is 6.01. The summed E-state index contributed by atoms with van der Waals surface area (Å²) in [5.41, 5.74) is 0.498. The van der Waals surface area contributed by atoms with Crippen LogP contribution in [0.5, 0.6) is 0 Å². The molecule has 0 spiro atoms. The number of amides is 3. The second-order valence-corrected chi connectivity index (χ2v) is 7.32. The molecule has 158 valence electrons. The predicted octanol–water partition coefficient (Wildman–Crippen LogP) is 1.30. The van der Waals surface area contributed by atoms with Gasteiger partial charge in [0.25, 0.3) is 0 Å². The summed E-state index contributed by atoms with van der Waals surface area (Å²) in [5, 5.41) is 14.0. The summed E-state index contributed by atoms with van der Waals surface area (Å²) in [6, 6.07) is 3.41. The molecule has 3 N–H and O–H groups in total. The predicted molar refractivity (Wildman–Crippen MR) is 103 cm³/mol. The molecule has 4 atom stereocenters. The van der Waals surface area contributed by atoms with E-state index in [2.05, 4.69) is 10.6 Å². The van der Waals surface area contributed by atoms with Crippen LogP contribution in [-0.2, 0) is 19.2 Å². The average molecular weight is 407 g/mol. The second-order valence-electron chi connectivity index (χ2n) is 7.32. The summed E-state index contributed by atoms with van der Waals surface area (Å²) in [6.07, 6.45) is 0.564. The van der Waals surface area contributed by atoms with E-state index in [4.69, 9.17) is 5.11 Å². The molecule has 1 aromatic rings. The number of nitrogens with zero attached hydrogens (tertiary/aromatic N) is 1. The van der Waals surface area contributed by atoms with Gasteiger partial charge in [-0.05, 0) is 37.1 Å². The van der Waals surface area contributed by atoms with Crippen molar-refractivity contribution in [3.8, 4) is 0 Å². The minimum atomic E-state index is -1.18. The van der Waals surface area contributed by atoms with Gasteiger partial charge in [-0.3, -0.25) is 19.2 Å². The third-order valence-corrected chi connectivity index (χ3v) is 5.16. The zero-order valence-electron chi connectivity index (χ0n) is 16.6. The van der Waals surface area contributed by atoms with Crippen molar-refractivity contribution in [2.24, 2.45) is 11.8 Å². The maximum atomic E-state index is 13.1. The standard InChI is InChI=1S/C20H26FN3O5/c1-4-11(2)17(19(27)22-12(3)20(28)29)23-18(26)13-9-16(25)24(10-13)15-7-5-14(21)6-8-15/h5-8,11-13,17H,4,9-10H2,1-3H3,(H,22,27)(H,23,26)(H,28,29)/t11-,12+,13+,17+/m1/s1. The van der Waals surface area contributed by atoms with Crippen LogP contribution in [-0.4, -0.2) is 47.4 Å². The fourth-order valence-electron chi connectivity index (χ4n) is 3.09. The van der Waals surface area contributed by atoms with Crippen LogP contribution in [0.3, 0.4) is 0 Å². The monoisotopic (exact) mass is 407 g/mol. The average Bonchev–Trinajstić information content (AvgIpc) is 3.07. The molecule has 1 fully saturated rings. The van der Waals surface area contributed by atoms with Crippen LogP contribution in [0.1, 0.15) is 33.6 Å². The summed E-state index contributed by atoms with van der Waals surface area (Å²) < 4.78 is 13.1. The van der Waals surface area contributed by atoms with Crippen LogP contribution in [0.2, 0.25) is 0 Å². The molecular weight excluding hydrogens is 381 g/mol. The molecule has 0 aliphatic carbocycles. The first-order valence-electron chi connectivity index (χ1n) is 9.53. The molecule has 1 heterocycles. The molecule has 1 aliphatic heterocycles. The number of hydrogen-bond acceptors (Lipinski definition) is 4. The van der Waals surface area contributed by atoms with Crippen LogP contribution in [0.15, 0.2) is 24.3 Å². The molecular formula is C20H26FN3O5. The summed E-state index contributed by atoms with van der Waals surface area (Å²) in [4.78, 5) is 49.9. The molecule has 8 nitrogen and oxygen atoms in total. The molecule has 0 radical (unpaired) electrons. The number of rotatable bonds is 8. The van der Waals surface area contributed by atoms with Gasteiger partial charge in [0.1, 0.15) is 17.9 Å². The molecule has 9 heteroatoms. The van der Waals surface area contributed by atoms with Crippen LogP contribution < -0.4 is 15.5 Å². The van der Waals surface area contributed by atoms with Crippen molar-refractivity contribution >= 4 is 29.4 Å². The quantitative estimate of drug-likeness (QED) is 0.601. The zero-order valence-corrected chi connectivity index (χ0v) is 16.6. The second kappa shape index (κ2) is 9.49. The van der Waals surface area contributed by atoms with Crippen LogP contribution >= 0.6 is 0 Å². The van der Waals surface area contributed by atoms with Crippen molar-refractivity contribution in [3.05, 3.63) is 30.1 Å². The van der Waals surface area contributed by atoms with E-state index in [0.717, 1.165) is 0 Å². The lowest BCUT2D eigenvalue weighted by atomic mass is 9.96. The van der Waals surface area contributed by atoms with E-state index in [-0.39, 0.29) is 24.8 Å². The Balaban J connectivity index is 2.07. The Kier molecular flexibility index (Phi) is 7.30. The number of carbonyl (C=O) groups excluding carboxylic acids is 3. The number of carbonyl (C=O) groups is 4. The number of nitrogens with one attached hydrogen (secondary N) is 2. The third kappa shape index (κ3) is 5.52. The topological polar surface area (TPSA) is 116 Å². The van der Waals surface area contributed by atoms with Gasteiger partial charge in [-0.15, -0.1) is 0 Å². The third-order valence-electron chi connectivity index (χ3n) is 5.16. The van der Waals surface area contributed by atoms with Gasteiger partial charge in [0, 0.05) is 18.7 Å². The first-order valence-corrected chi connectivity index (χ1v) is 9.53. The Bertz CT molecular complexity index is 783. The number of carboxylic acids is 1. The Morgan fingerprint density at radius 2 is 1.83 bits per heavy atom. The molecule has 0 unspecified atom stereocenters. The Morgan fingerprint density at radius 3 is 2.38 bits per heavy atom. The maximum absolute atomic E-state index is 13.1. The highest BCUT2D eigenvalue weighted by Gasteiger charge is 2.37. The van der Waals surface area contributed by atoms with Crippen molar-refractivity contribution in [2.75, 3.05) is 11.4 Å². The highest BCUT2D eigenvalue weighted by atomic mass is 19.1. The molecule has 1 aliphatic rings. The Labute approximate surface area is 168 Å². The van der Waals surface area contributed by atoms with Crippen LogP contribution in [0, 0.1) is 17.7 Å². The molecule has 0 saturated carbocycles. The molecule has 1 saturated heterocycles. The minimum Gasteiger partial charge on any atom is -0.480 e. The Hall–Kier alpha value is -2.97. The summed E-state index contributed by atoms with van der Waals surface area (Å²) in [5.74, 6) is -3.79. The largest absolute Gasteiger partial charge is 0.480 e. The van der Waals surface area contributed by atoms with Gasteiger partial charge in [-0.2, -0.15) is 0 Å². The van der Waals surface area contributed by atoms with Crippen molar-refractivity contribution < 1.29 is 28.7 Å². The molecule has 2 rings (SSSR count). The fraction of sp³-hybridized carbons (Fsp3) is 0.500. The van der Waals surface area contributed by atoms with E-state index in [1.54, 1.807) is 6.92 Å². The van der Waals surface area contributed by atoms with Gasteiger partial charge >= 0.3 is 5.97 Å². The number of benzene rings is 1. The summed E-state index contributed by atoms with van der Waals surface area (Å²) in [7, 11) is 0. The van der Waals surface area contributed by atoms with E-state index in [9.17, 15) is 23.6 Å². The lowest BCUT2D eigenvalue weighted by Gasteiger charge is -2.26. The van der Waals surface area contributed by atoms with Crippen molar-refractivity contribution in [1.29, 1.82) is 0 Å². The number of hydrogen-bond donors (Lipinski definition) is 3. The number of halogens is 1. The SMILES string of the molecule is CC[C@@H](C)[C@H](NC(=O)[C@H]1CC(=O)N(c2ccc(F)cc2)C1)C(=O)N[C@@H](C)C(=O)O. The van der Waals surface area contributed by atoms with Crippen molar-refractivity contribution in [3.63, 3.8) is 0 Å². The number of carboxylic acid groups (broad SMARTS) is 1. The minimum absolute atomic E-state index is 0.0242. The summed E-state index contributed by atoms with van der Waals surface area (Å²) >= 11 is 0. The van der Waals surface area contributed by atoms with Crippen molar-refractivity contribution in [2.45, 2.75) is 45.7 Å². The van der Waals surface area contributed by atoms with Crippen LogP contribution in [0.4, 0.5) is 10.1 Å². The first-order chi connectivity index (χ1) is 13.6. The highest BCUT2D eigenvalue weighted by Crippen LogP contribution is 2.25. The molecule has 0 aromatic heterocycles. The first kappa shape index (κ1) is 22.3. The van der Waals surface area contributed by atoms with E-state index in [1.807, 2.05) is 6.92 Å². The van der Waals surface area contributed by atoms with Gasteiger partial charge in [-0.25, -0.2) is 4.39 Å². The molecule has 0 bridgehead atoms. The van der Waals surface area contributed by atoms with E-state index >= 15 is 0 Å². The van der Waals surface area contributed by atoms with E-state index in [1.165, 1.54) is 36.1 Å². The van der Waals surface area contributed by atoms with Gasteiger partial charge in [0.05, 0.1) is 5.92 Å². The number of aliphatic carboxylic acids is 1. The van der Waals surface area contributed by atoms with Gasteiger partial charge < -0.3 is 20.6 Å². The smallest absolute Gasteiger partial charge is 0.325 e. The van der Waals surface area contributed by atoms with E-state index < -0.39 is 41.6 Å². The normalized spacial score (nSPS) is 19.4. The zero-order chi connectivity index (χ0) is 21.7. The van der Waals surface area contributed by atoms with Gasteiger partial charge in [0.15, 0.2) is 0 Å². The Morgan fingerprint density at radius 1 is 1.21 bits per heavy atom. The lowest BCUT2D eigenvalue weighted by molar-refractivity contribution is -0.142. The maximum Gasteiger partial charge on any atom is 0.325 e. The molecule has 1 aromatic carbocycles. The van der Waals surface area contributed by atoms with Crippen molar-refractivity contribution in [1.82, 2.24) is 10.6 Å². The molecule has 29 heavy (non-hydrogen) atoms. The number of anilines is 1. The van der Waals surface area contributed by atoms with Crippen LogP contribution in [0.25, 0.3) is 0 Å². The summed E-state index contributed by atoms with van der Waals surface area (Å²) in [6.45, 7) is 5.09. The lowest BCUT2D eigenvalue weighted by Crippen LogP contribution is -2.54. The fourth-order valence-corrected chi connectivity index (χ4v) is 3.09.